The van der Waals surface area contributed by atoms with Crippen molar-refractivity contribution >= 4 is 27.7 Å². The van der Waals surface area contributed by atoms with Gasteiger partial charge in [0.05, 0.1) is 4.47 Å². The van der Waals surface area contributed by atoms with Crippen LogP contribution in [0.15, 0.2) is 46.9 Å². The highest BCUT2D eigenvalue weighted by Crippen LogP contribution is 2.31. The minimum absolute atomic E-state index is 0.0157. The average molecular weight is 518 g/mol. The van der Waals surface area contributed by atoms with E-state index in [0.717, 1.165) is 28.4 Å². The average Bonchev–Trinajstić information content (AvgIpc) is 2.76. The van der Waals surface area contributed by atoms with Crippen molar-refractivity contribution in [3.63, 3.8) is 0 Å². The number of halogens is 1. The van der Waals surface area contributed by atoms with Crippen LogP contribution in [0.5, 0.6) is 5.75 Å². The van der Waals surface area contributed by atoms with Gasteiger partial charge in [-0.2, -0.15) is 0 Å². The maximum Gasteiger partial charge on any atom is 0.261 e. The predicted octanol–water partition coefficient (Wildman–Crippen LogP) is 5.77. The Morgan fingerprint density at radius 1 is 1.15 bits per heavy atom. The second-order valence-corrected chi connectivity index (χ2v) is 10.3. The summed E-state index contributed by atoms with van der Waals surface area (Å²) in [5, 5.41) is 2.94. The zero-order valence-electron chi connectivity index (χ0n) is 20.7. The lowest BCUT2D eigenvalue weighted by molar-refractivity contribution is -0.142. The number of aryl methyl sites for hydroxylation is 1. The molecule has 0 aliphatic heterocycles. The molecule has 1 unspecified atom stereocenters. The van der Waals surface area contributed by atoms with Crippen LogP contribution in [0.4, 0.5) is 0 Å². The molecule has 5 nitrogen and oxygen atoms in total. The molecular weight excluding hydrogens is 480 g/mol. The summed E-state index contributed by atoms with van der Waals surface area (Å²) in [7, 11) is 0. The number of nitrogens with zero attached hydrogens (tertiary/aromatic N) is 1. The maximum atomic E-state index is 13.3. The minimum atomic E-state index is -0.607. The first kappa shape index (κ1) is 26.9. The Kier molecular flexibility index (Phi) is 9.96. The van der Waals surface area contributed by atoms with Crippen molar-refractivity contribution in [1.29, 1.82) is 0 Å². The molecule has 0 bridgehead atoms. The molecule has 0 spiro atoms. The molecule has 2 rings (SSSR count). The van der Waals surface area contributed by atoms with E-state index in [2.05, 4.69) is 48.9 Å². The third kappa shape index (κ3) is 7.88. The summed E-state index contributed by atoms with van der Waals surface area (Å²) in [6, 6.07) is 13.2. The van der Waals surface area contributed by atoms with Crippen LogP contribution in [0.3, 0.4) is 0 Å². The molecule has 0 heterocycles. The van der Waals surface area contributed by atoms with Gasteiger partial charge < -0.3 is 15.0 Å². The molecule has 1 N–H and O–H groups in total. The van der Waals surface area contributed by atoms with Crippen molar-refractivity contribution in [2.75, 3.05) is 13.2 Å². The van der Waals surface area contributed by atoms with E-state index in [1.54, 1.807) is 11.8 Å². The van der Waals surface area contributed by atoms with Crippen LogP contribution in [0.2, 0.25) is 0 Å². The van der Waals surface area contributed by atoms with E-state index in [1.807, 2.05) is 49.4 Å². The Balaban J connectivity index is 2.17. The summed E-state index contributed by atoms with van der Waals surface area (Å²) in [4.78, 5) is 27.6. The fraction of sp³-hybridized carbons (Fsp3) is 0.481. The lowest BCUT2D eigenvalue weighted by Crippen LogP contribution is -2.49. The van der Waals surface area contributed by atoms with Crippen molar-refractivity contribution in [2.24, 2.45) is 0 Å². The molecule has 0 saturated heterocycles. The van der Waals surface area contributed by atoms with Crippen LogP contribution < -0.4 is 10.1 Å². The number of ether oxygens (including phenoxy) is 1. The van der Waals surface area contributed by atoms with E-state index in [1.165, 1.54) is 5.56 Å². The quantitative estimate of drug-likeness (QED) is 0.408. The van der Waals surface area contributed by atoms with Gasteiger partial charge in [-0.1, -0.05) is 64.4 Å². The first-order valence-corrected chi connectivity index (χ1v) is 12.4. The van der Waals surface area contributed by atoms with Crippen molar-refractivity contribution < 1.29 is 14.3 Å². The van der Waals surface area contributed by atoms with E-state index in [4.69, 9.17) is 4.74 Å². The summed E-state index contributed by atoms with van der Waals surface area (Å²) < 4.78 is 6.68. The summed E-state index contributed by atoms with van der Waals surface area (Å²) in [5.74, 6) is 0.219. The number of carbonyl (C=O) groups excluding carboxylic acids is 2. The van der Waals surface area contributed by atoms with Crippen LogP contribution in [0.1, 0.15) is 64.2 Å². The Hall–Kier alpha value is -2.34. The Morgan fingerprint density at radius 3 is 2.45 bits per heavy atom. The second-order valence-electron chi connectivity index (χ2n) is 9.45. The topological polar surface area (TPSA) is 58.6 Å². The van der Waals surface area contributed by atoms with Crippen LogP contribution in [-0.4, -0.2) is 35.9 Å². The van der Waals surface area contributed by atoms with Gasteiger partial charge in [-0.3, -0.25) is 9.59 Å². The number of nitrogens with one attached hydrogen (secondary N) is 1. The number of hydrogen-bond donors (Lipinski definition) is 1. The highest BCUT2D eigenvalue weighted by atomic mass is 79.9. The van der Waals surface area contributed by atoms with Gasteiger partial charge in [-0.25, -0.2) is 0 Å². The first-order chi connectivity index (χ1) is 15.5. The Bertz CT molecular complexity index is 953. The van der Waals surface area contributed by atoms with Gasteiger partial charge in [0.2, 0.25) is 5.91 Å². The van der Waals surface area contributed by atoms with Crippen molar-refractivity contribution in [3.05, 3.63) is 63.6 Å². The van der Waals surface area contributed by atoms with E-state index in [-0.39, 0.29) is 23.8 Å². The number of carbonyl (C=O) groups is 2. The molecule has 180 valence electrons. The van der Waals surface area contributed by atoms with Gasteiger partial charge >= 0.3 is 0 Å². The van der Waals surface area contributed by atoms with E-state index in [0.29, 0.717) is 18.8 Å². The first-order valence-electron chi connectivity index (χ1n) is 11.6. The molecule has 0 radical (unpaired) electrons. The number of hydrogen-bond acceptors (Lipinski definition) is 3. The zero-order valence-corrected chi connectivity index (χ0v) is 22.3. The molecule has 0 saturated carbocycles. The molecule has 0 fully saturated rings. The molecule has 2 aromatic carbocycles. The lowest BCUT2D eigenvalue weighted by Gasteiger charge is -2.29. The van der Waals surface area contributed by atoms with Gasteiger partial charge in [0.15, 0.2) is 6.61 Å². The van der Waals surface area contributed by atoms with Gasteiger partial charge in [0.1, 0.15) is 11.8 Å². The normalized spacial score (nSPS) is 12.2. The largest absolute Gasteiger partial charge is 0.483 e. The van der Waals surface area contributed by atoms with Crippen LogP contribution in [0.25, 0.3) is 0 Å². The van der Waals surface area contributed by atoms with Crippen LogP contribution >= 0.6 is 15.9 Å². The molecule has 0 aromatic heterocycles. The lowest BCUT2D eigenvalue weighted by atomic mass is 9.87. The van der Waals surface area contributed by atoms with Crippen LogP contribution in [-0.2, 0) is 21.5 Å². The molecule has 1 atom stereocenters. The SMILES string of the molecule is CCCCNC(=O)C(C)N(Cc1ccccc1C)C(=O)COc1ccc(C(C)(C)C)cc1Br. The monoisotopic (exact) mass is 516 g/mol. The van der Waals surface area contributed by atoms with Crippen LogP contribution in [0, 0.1) is 6.92 Å². The minimum Gasteiger partial charge on any atom is -0.483 e. The van der Waals surface area contributed by atoms with Crippen molar-refractivity contribution in [2.45, 2.75) is 72.4 Å². The second kappa shape index (κ2) is 12.2. The summed E-state index contributed by atoms with van der Waals surface area (Å²) in [5.41, 5.74) is 3.28. The Morgan fingerprint density at radius 2 is 1.85 bits per heavy atom. The third-order valence-corrected chi connectivity index (χ3v) is 6.37. The Labute approximate surface area is 207 Å². The summed E-state index contributed by atoms with van der Waals surface area (Å²) in [6.45, 7) is 13.1. The predicted molar refractivity (Wildman–Crippen MR) is 137 cm³/mol. The summed E-state index contributed by atoms with van der Waals surface area (Å²) in [6.07, 6.45) is 1.91. The van der Waals surface area contributed by atoms with Crippen molar-refractivity contribution in [1.82, 2.24) is 10.2 Å². The highest BCUT2D eigenvalue weighted by Gasteiger charge is 2.27. The van der Waals surface area contributed by atoms with E-state index in [9.17, 15) is 9.59 Å². The van der Waals surface area contributed by atoms with Crippen molar-refractivity contribution in [3.8, 4) is 5.75 Å². The van der Waals surface area contributed by atoms with Gasteiger partial charge in [-0.05, 0) is 70.4 Å². The summed E-state index contributed by atoms with van der Waals surface area (Å²) >= 11 is 3.56. The standard InChI is InChI=1S/C27H37BrN2O3/c1-7-8-15-29-26(32)20(3)30(17-21-12-10-9-11-19(21)2)25(31)18-33-24-14-13-22(16-23(24)28)27(4,5)6/h9-14,16,20H,7-8,15,17-18H2,1-6H3,(H,29,32). The zero-order chi connectivity index (χ0) is 24.6. The molecule has 33 heavy (non-hydrogen) atoms. The molecule has 0 aliphatic carbocycles. The smallest absolute Gasteiger partial charge is 0.261 e. The molecule has 6 heteroatoms. The third-order valence-electron chi connectivity index (χ3n) is 5.75. The number of benzene rings is 2. The fourth-order valence-corrected chi connectivity index (χ4v) is 3.89. The van der Waals surface area contributed by atoms with Gasteiger partial charge in [0, 0.05) is 13.1 Å². The van der Waals surface area contributed by atoms with Gasteiger partial charge in [-0.15, -0.1) is 0 Å². The maximum absolute atomic E-state index is 13.3. The number of rotatable bonds is 10. The highest BCUT2D eigenvalue weighted by molar-refractivity contribution is 9.10. The molecule has 2 aromatic rings. The van der Waals surface area contributed by atoms with Gasteiger partial charge in [0.25, 0.3) is 5.91 Å². The van der Waals surface area contributed by atoms with E-state index >= 15 is 0 Å². The molecular formula is C27H37BrN2O3. The number of unbranched alkanes of at least 4 members (excludes halogenated alkanes) is 1. The number of amides is 2. The van der Waals surface area contributed by atoms with E-state index < -0.39 is 6.04 Å². The molecule has 2 amide bonds. The fourth-order valence-electron chi connectivity index (χ4n) is 3.40. The molecule has 0 aliphatic rings.